The second-order valence-corrected chi connectivity index (χ2v) is 6.91. The smallest absolute Gasteiger partial charge is 0.329 e. The Morgan fingerprint density at radius 3 is 2.62 bits per heavy atom. The summed E-state index contributed by atoms with van der Waals surface area (Å²) in [4.78, 5) is 29.3. The van der Waals surface area contributed by atoms with Crippen LogP contribution in [0.5, 0.6) is 0 Å². The number of rotatable bonds is 1. The summed E-state index contributed by atoms with van der Waals surface area (Å²) in [5, 5.41) is 2.59. The lowest BCUT2D eigenvalue weighted by atomic mass is 9.97. The molecule has 3 rings (SSSR count). The maximum atomic E-state index is 14.6. The van der Waals surface area contributed by atoms with Gasteiger partial charge in [-0.05, 0) is 38.1 Å². The van der Waals surface area contributed by atoms with Gasteiger partial charge < -0.3 is 5.32 Å². The minimum atomic E-state index is -0.795. The fraction of sp³-hybridized carbons (Fsp3) is 0.211. The molecule has 0 radical (unpaired) electrons. The molecule has 2 aromatic rings. The lowest BCUT2D eigenvalue weighted by Gasteiger charge is -2.36. The van der Waals surface area contributed by atoms with Crippen LogP contribution in [0.1, 0.15) is 31.4 Å². The van der Waals surface area contributed by atoms with Crippen molar-refractivity contribution in [1.82, 2.24) is 10.3 Å². The van der Waals surface area contributed by atoms with Crippen molar-refractivity contribution in [2.24, 2.45) is 0 Å². The van der Waals surface area contributed by atoms with Crippen LogP contribution < -0.4 is 10.2 Å². The predicted molar refractivity (Wildman–Crippen MR) is 96.3 cm³/mol. The molecule has 7 heteroatoms. The Kier molecular flexibility index (Phi) is 4.66. The molecule has 1 aliphatic heterocycles. The number of aromatic nitrogens is 1. The van der Waals surface area contributed by atoms with Crippen molar-refractivity contribution in [3.63, 3.8) is 0 Å². The molecule has 3 amide bonds. The SMILES string of the molecule is CC1(C)CC(=O)N(c2c(F)cc(C#Cc3cccnc3)cc2Cl)C(=O)N1. The summed E-state index contributed by atoms with van der Waals surface area (Å²) < 4.78 is 14.6. The molecule has 0 saturated carbocycles. The molecule has 1 aromatic carbocycles. The van der Waals surface area contributed by atoms with Crippen LogP contribution in [-0.4, -0.2) is 22.5 Å². The number of nitrogens with zero attached hydrogens (tertiary/aromatic N) is 2. The van der Waals surface area contributed by atoms with Gasteiger partial charge in [-0.25, -0.2) is 14.1 Å². The first-order valence-electron chi connectivity index (χ1n) is 7.83. The lowest BCUT2D eigenvalue weighted by Crippen LogP contribution is -2.60. The summed E-state index contributed by atoms with van der Waals surface area (Å²) >= 11 is 6.16. The standard InChI is InChI=1S/C19H15ClFN3O2/c1-19(2)10-16(25)24(18(26)23-19)17-14(20)8-13(9-15(17)21)6-5-12-4-3-7-22-11-12/h3-4,7-9,11H,10H2,1-2H3,(H,23,26). The highest BCUT2D eigenvalue weighted by Crippen LogP contribution is 2.33. The van der Waals surface area contributed by atoms with Gasteiger partial charge in [0.2, 0.25) is 5.91 Å². The van der Waals surface area contributed by atoms with Gasteiger partial charge in [0.05, 0.1) is 11.4 Å². The molecule has 1 aliphatic rings. The number of imide groups is 1. The van der Waals surface area contributed by atoms with Crippen molar-refractivity contribution in [3.05, 3.63) is 58.6 Å². The number of anilines is 1. The van der Waals surface area contributed by atoms with Gasteiger partial charge in [0.15, 0.2) is 0 Å². The van der Waals surface area contributed by atoms with Gasteiger partial charge in [-0.3, -0.25) is 9.78 Å². The van der Waals surface area contributed by atoms with Crippen LogP contribution in [0.4, 0.5) is 14.9 Å². The molecule has 0 bridgehead atoms. The second kappa shape index (κ2) is 6.77. The third kappa shape index (κ3) is 3.68. The fourth-order valence-corrected chi connectivity index (χ4v) is 2.91. The van der Waals surface area contributed by atoms with E-state index in [1.54, 1.807) is 38.4 Å². The molecular weight excluding hydrogens is 357 g/mol. The monoisotopic (exact) mass is 371 g/mol. The van der Waals surface area contributed by atoms with Gasteiger partial charge in [-0.15, -0.1) is 0 Å². The molecule has 0 unspecified atom stereocenters. The highest BCUT2D eigenvalue weighted by atomic mass is 35.5. The number of hydrogen-bond donors (Lipinski definition) is 1. The van der Waals surface area contributed by atoms with E-state index in [0.717, 1.165) is 11.0 Å². The van der Waals surface area contributed by atoms with Gasteiger partial charge in [0.25, 0.3) is 0 Å². The van der Waals surface area contributed by atoms with E-state index in [1.165, 1.54) is 6.07 Å². The van der Waals surface area contributed by atoms with Crippen LogP contribution in [0.25, 0.3) is 0 Å². The summed E-state index contributed by atoms with van der Waals surface area (Å²) in [6.45, 7) is 3.43. The molecular formula is C19H15ClFN3O2. The van der Waals surface area contributed by atoms with E-state index in [9.17, 15) is 14.0 Å². The van der Waals surface area contributed by atoms with Crippen LogP contribution in [0.15, 0.2) is 36.7 Å². The first kappa shape index (κ1) is 17.9. The molecule has 26 heavy (non-hydrogen) atoms. The summed E-state index contributed by atoms with van der Waals surface area (Å²) in [6.07, 6.45) is 3.24. The van der Waals surface area contributed by atoms with Crippen LogP contribution in [-0.2, 0) is 4.79 Å². The number of carbonyl (C=O) groups excluding carboxylic acids is 2. The minimum Gasteiger partial charge on any atom is -0.332 e. The Bertz CT molecular complexity index is 905. The molecule has 132 valence electrons. The maximum Gasteiger partial charge on any atom is 0.329 e. The largest absolute Gasteiger partial charge is 0.332 e. The maximum absolute atomic E-state index is 14.6. The number of benzene rings is 1. The zero-order valence-electron chi connectivity index (χ0n) is 14.1. The van der Waals surface area contributed by atoms with E-state index in [4.69, 9.17) is 11.6 Å². The quantitative estimate of drug-likeness (QED) is 0.780. The van der Waals surface area contributed by atoms with E-state index < -0.39 is 23.3 Å². The molecule has 0 atom stereocenters. The van der Waals surface area contributed by atoms with Crippen molar-refractivity contribution < 1.29 is 14.0 Å². The average Bonchev–Trinajstić information content (AvgIpc) is 2.54. The predicted octanol–water partition coefficient (Wildman–Crippen LogP) is 3.50. The van der Waals surface area contributed by atoms with Gasteiger partial charge in [-0.2, -0.15) is 0 Å². The molecule has 5 nitrogen and oxygen atoms in total. The van der Waals surface area contributed by atoms with Crippen molar-refractivity contribution in [2.45, 2.75) is 25.8 Å². The van der Waals surface area contributed by atoms with Crippen molar-refractivity contribution >= 4 is 29.2 Å². The number of pyridine rings is 1. The van der Waals surface area contributed by atoms with E-state index in [0.29, 0.717) is 11.1 Å². The van der Waals surface area contributed by atoms with Gasteiger partial charge >= 0.3 is 6.03 Å². The van der Waals surface area contributed by atoms with Crippen molar-refractivity contribution in [3.8, 4) is 11.8 Å². The Labute approximate surface area is 155 Å². The van der Waals surface area contributed by atoms with E-state index in [-0.39, 0.29) is 17.1 Å². The van der Waals surface area contributed by atoms with E-state index in [2.05, 4.69) is 22.1 Å². The van der Waals surface area contributed by atoms with Crippen LogP contribution in [0.2, 0.25) is 5.02 Å². The Morgan fingerprint density at radius 2 is 2.00 bits per heavy atom. The molecule has 0 spiro atoms. The number of halogens is 2. The molecule has 1 saturated heterocycles. The highest BCUT2D eigenvalue weighted by molar-refractivity contribution is 6.35. The summed E-state index contributed by atoms with van der Waals surface area (Å²) in [6, 6.07) is 5.36. The Hall–Kier alpha value is -2.91. The van der Waals surface area contributed by atoms with Crippen LogP contribution >= 0.6 is 11.6 Å². The molecule has 2 heterocycles. The van der Waals surface area contributed by atoms with Gasteiger partial charge in [-0.1, -0.05) is 23.4 Å². The van der Waals surface area contributed by atoms with Crippen LogP contribution in [0, 0.1) is 17.7 Å². The minimum absolute atomic E-state index is 0.0388. The third-order valence-electron chi connectivity index (χ3n) is 3.74. The van der Waals surface area contributed by atoms with E-state index in [1.807, 2.05) is 0 Å². The topological polar surface area (TPSA) is 62.3 Å². The van der Waals surface area contributed by atoms with Gasteiger partial charge in [0.1, 0.15) is 11.5 Å². The summed E-state index contributed by atoms with van der Waals surface area (Å²) in [7, 11) is 0. The molecule has 1 aromatic heterocycles. The number of hydrogen-bond acceptors (Lipinski definition) is 3. The molecule has 0 aliphatic carbocycles. The fourth-order valence-electron chi connectivity index (χ4n) is 2.62. The first-order valence-corrected chi connectivity index (χ1v) is 8.21. The lowest BCUT2D eigenvalue weighted by molar-refractivity contribution is -0.119. The number of nitrogens with one attached hydrogen (secondary N) is 1. The normalized spacial score (nSPS) is 15.9. The highest BCUT2D eigenvalue weighted by Gasteiger charge is 2.39. The summed E-state index contributed by atoms with van der Waals surface area (Å²) in [5.74, 6) is 4.32. The van der Waals surface area contributed by atoms with Gasteiger partial charge in [0, 0.05) is 29.1 Å². The summed E-state index contributed by atoms with van der Waals surface area (Å²) in [5.41, 5.74) is 0.0331. The Balaban J connectivity index is 1.95. The second-order valence-electron chi connectivity index (χ2n) is 6.50. The zero-order chi connectivity index (χ0) is 18.9. The number of amides is 3. The van der Waals surface area contributed by atoms with Crippen LogP contribution in [0.3, 0.4) is 0 Å². The zero-order valence-corrected chi connectivity index (χ0v) is 14.9. The third-order valence-corrected chi connectivity index (χ3v) is 4.03. The average molecular weight is 372 g/mol. The number of carbonyl (C=O) groups is 2. The first-order chi connectivity index (χ1) is 12.3. The van der Waals surface area contributed by atoms with Crippen molar-refractivity contribution in [1.29, 1.82) is 0 Å². The van der Waals surface area contributed by atoms with Crippen molar-refractivity contribution in [2.75, 3.05) is 4.90 Å². The Morgan fingerprint density at radius 1 is 1.27 bits per heavy atom. The number of urea groups is 1. The van der Waals surface area contributed by atoms with E-state index >= 15 is 0 Å². The molecule has 1 fully saturated rings. The molecule has 1 N–H and O–H groups in total.